The molecule has 3 amide bonds. The molecule has 6 heteroatoms. The van der Waals surface area contributed by atoms with Crippen molar-refractivity contribution >= 4 is 28.8 Å². The Morgan fingerprint density at radius 1 is 1.44 bits per heavy atom. The minimum Gasteiger partial charge on any atom is -0.341 e. The number of hydrogen-bond donors (Lipinski definition) is 0. The molecule has 2 heterocycles. The Morgan fingerprint density at radius 2 is 2.22 bits per heavy atom. The summed E-state index contributed by atoms with van der Waals surface area (Å²) in [7, 11) is 0. The van der Waals surface area contributed by atoms with Crippen LogP contribution in [0.2, 0.25) is 0 Å². The van der Waals surface area contributed by atoms with Gasteiger partial charge in [-0.05, 0) is 12.8 Å². The van der Waals surface area contributed by atoms with Crippen LogP contribution in [0.4, 0.5) is 4.79 Å². The Kier molecular flexibility index (Phi) is 4.27. The van der Waals surface area contributed by atoms with Gasteiger partial charge < -0.3 is 4.90 Å². The second-order valence-corrected chi connectivity index (χ2v) is 5.63. The molecule has 2 saturated heterocycles. The Labute approximate surface area is 111 Å². The van der Waals surface area contributed by atoms with Crippen LogP contribution in [0.25, 0.3) is 0 Å². The predicted octanol–water partition coefficient (Wildman–Crippen LogP) is 1.47. The molecule has 0 aromatic carbocycles. The molecule has 0 radical (unpaired) electrons. The molecule has 100 valence electrons. The average molecular weight is 270 g/mol. The number of likely N-dealkylation sites (tertiary alicyclic amines) is 1. The maximum atomic E-state index is 11.9. The zero-order valence-electron chi connectivity index (χ0n) is 10.6. The lowest BCUT2D eigenvalue weighted by Crippen LogP contribution is -2.41. The summed E-state index contributed by atoms with van der Waals surface area (Å²) in [5.74, 6) is 0.281. The zero-order chi connectivity index (χ0) is 13.1. The number of rotatable bonds is 4. The summed E-state index contributed by atoms with van der Waals surface area (Å²) in [6.45, 7) is 3.23. The van der Waals surface area contributed by atoms with E-state index in [-0.39, 0.29) is 28.8 Å². The van der Waals surface area contributed by atoms with E-state index < -0.39 is 0 Å². The minimum absolute atomic E-state index is 0.106. The highest BCUT2D eigenvalue weighted by atomic mass is 32.2. The summed E-state index contributed by atoms with van der Waals surface area (Å²) < 4.78 is 0. The van der Waals surface area contributed by atoms with Crippen molar-refractivity contribution in [1.82, 2.24) is 9.80 Å². The van der Waals surface area contributed by atoms with Crippen LogP contribution in [0.1, 0.15) is 32.6 Å². The lowest BCUT2D eigenvalue weighted by Gasteiger charge is -2.21. The molecule has 0 spiro atoms. The van der Waals surface area contributed by atoms with Crippen molar-refractivity contribution in [2.24, 2.45) is 0 Å². The standard InChI is InChI=1S/C12H18N2O3S/c1-2-3-4-10(15)13-6-5-9(7-13)14-11(16)8-18-12(14)17/h9H,2-8H2,1H3. The summed E-state index contributed by atoms with van der Waals surface area (Å²) in [5.41, 5.74) is 0. The third-order valence-electron chi connectivity index (χ3n) is 3.41. The fourth-order valence-corrected chi connectivity index (χ4v) is 3.16. The van der Waals surface area contributed by atoms with Crippen LogP contribution in [0.3, 0.4) is 0 Å². The zero-order valence-corrected chi connectivity index (χ0v) is 11.4. The molecule has 0 aliphatic carbocycles. The first kappa shape index (κ1) is 13.4. The van der Waals surface area contributed by atoms with Crippen LogP contribution in [0.15, 0.2) is 0 Å². The van der Waals surface area contributed by atoms with Gasteiger partial charge >= 0.3 is 0 Å². The highest BCUT2D eigenvalue weighted by Gasteiger charge is 2.39. The number of hydrogen-bond acceptors (Lipinski definition) is 4. The second-order valence-electron chi connectivity index (χ2n) is 4.70. The van der Waals surface area contributed by atoms with E-state index in [1.54, 1.807) is 4.90 Å². The van der Waals surface area contributed by atoms with E-state index in [0.717, 1.165) is 31.0 Å². The van der Waals surface area contributed by atoms with Gasteiger partial charge in [0.2, 0.25) is 11.8 Å². The normalized spacial score (nSPS) is 24.2. The molecule has 0 saturated carbocycles. The van der Waals surface area contributed by atoms with E-state index in [2.05, 4.69) is 6.92 Å². The molecule has 0 aromatic rings. The summed E-state index contributed by atoms with van der Waals surface area (Å²) >= 11 is 1.06. The van der Waals surface area contributed by atoms with E-state index in [1.807, 2.05) is 0 Å². The molecule has 5 nitrogen and oxygen atoms in total. The number of nitrogens with zero attached hydrogens (tertiary/aromatic N) is 2. The number of carbonyl (C=O) groups is 3. The Morgan fingerprint density at radius 3 is 2.83 bits per heavy atom. The first-order chi connectivity index (χ1) is 8.63. The van der Waals surface area contributed by atoms with E-state index >= 15 is 0 Å². The molecule has 0 N–H and O–H groups in total. The van der Waals surface area contributed by atoms with E-state index in [1.165, 1.54) is 4.90 Å². The van der Waals surface area contributed by atoms with Gasteiger partial charge in [-0.25, -0.2) is 0 Å². The molecular formula is C12H18N2O3S. The SMILES string of the molecule is CCCCC(=O)N1CCC(N2C(=O)CSC2=O)C1. The topological polar surface area (TPSA) is 57.7 Å². The number of carbonyl (C=O) groups excluding carboxylic acids is 3. The molecule has 2 fully saturated rings. The van der Waals surface area contributed by atoms with Gasteiger partial charge in [0.1, 0.15) is 0 Å². The maximum absolute atomic E-state index is 11.9. The number of thioether (sulfide) groups is 1. The molecule has 18 heavy (non-hydrogen) atoms. The third kappa shape index (κ3) is 2.68. The van der Waals surface area contributed by atoms with Crippen molar-refractivity contribution < 1.29 is 14.4 Å². The fourth-order valence-electron chi connectivity index (χ4n) is 2.38. The van der Waals surface area contributed by atoms with Crippen LogP contribution >= 0.6 is 11.8 Å². The molecule has 1 unspecified atom stereocenters. The van der Waals surface area contributed by atoms with E-state index in [0.29, 0.717) is 19.5 Å². The smallest absolute Gasteiger partial charge is 0.289 e. The van der Waals surface area contributed by atoms with Crippen molar-refractivity contribution in [3.63, 3.8) is 0 Å². The lowest BCUT2D eigenvalue weighted by molar-refractivity contribution is -0.131. The van der Waals surface area contributed by atoms with Crippen LogP contribution in [0, 0.1) is 0 Å². The largest absolute Gasteiger partial charge is 0.341 e. The van der Waals surface area contributed by atoms with Gasteiger partial charge in [0.25, 0.3) is 5.24 Å². The van der Waals surface area contributed by atoms with Crippen molar-refractivity contribution in [3.8, 4) is 0 Å². The number of amides is 3. The number of imide groups is 1. The van der Waals surface area contributed by atoms with Gasteiger partial charge in [0.05, 0.1) is 11.8 Å². The first-order valence-electron chi connectivity index (χ1n) is 6.40. The molecule has 0 bridgehead atoms. The molecule has 2 rings (SSSR count). The molecule has 0 aromatic heterocycles. The van der Waals surface area contributed by atoms with E-state index in [9.17, 15) is 14.4 Å². The average Bonchev–Trinajstić information content (AvgIpc) is 2.93. The first-order valence-corrected chi connectivity index (χ1v) is 7.38. The Balaban J connectivity index is 1.90. The van der Waals surface area contributed by atoms with E-state index in [4.69, 9.17) is 0 Å². The quantitative estimate of drug-likeness (QED) is 0.776. The molecule has 2 aliphatic heterocycles. The summed E-state index contributed by atoms with van der Waals surface area (Å²) in [4.78, 5) is 38.2. The van der Waals surface area contributed by atoms with Crippen LogP contribution < -0.4 is 0 Å². The third-order valence-corrected chi connectivity index (χ3v) is 4.24. The van der Waals surface area contributed by atoms with Gasteiger partial charge in [-0.2, -0.15) is 0 Å². The fraction of sp³-hybridized carbons (Fsp3) is 0.750. The van der Waals surface area contributed by atoms with Gasteiger partial charge in [-0.1, -0.05) is 25.1 Å². The summed E-state index contributed by atoms with van der Waals surface area (Å²) in [5, 5.41) is -0.159. The minimum atomic E-state index is -0.159. The lowest BCUT2D eigenvalue weighted by atomic mass is 10.2. The van der Waals surface area contributed by atoms with Crippen molar-refractivity contribution in [3.05, 3.63) is 0 Å². The Bertz CT molecular complexity index is 356. The summed E-state index contributed by atoms with van der Waals surface area (Å²) in [6, 6.07) is -0.106. The predicted molar refractivity (Wildman–Crippen MR) is 69.2 cm³/mol. The maximum Gasteiger partial charge on any atom is 0.289 e. The highest BCUT2D eigenvalue weighted by molar-refractivity contribution is 8.14. The van der Waals surface area contributed by atoms with Crippen molar-refractivity contribution in [1.29, 1.82) is 0 Å². The van der Waals surface area contributed by atoms with Gasteiger partial charge in [-0.3, -0.25) is 19.3 Å². The Hall–Kier alpha value is -1.04. The molecule has 1 atom stereocenters. The van der Waals surface area contributed by atoms with Gasteiger partial charge in [0, 0.05) is 19.5 Å². The van der Waals surface area contributed by atoms with Crippen LogP contribution in [-0.2, 0) is 9.59 Å². The highest BCUT2D eigenvalue weighted by Crippen LogP contribution is 2.26. The van der Waals surface area contributed by atoms with Crippen molar-refractivity contribution in [2.75, 3.05) is 18.8 Å². The van der Waals surface area contributed by atoms with Crippen LogP contribution in [0.5, 0.6) is 0 Å². The number of unbranched alkanes of at least 4 members (excludes halogenated alkanes) is 1. The molecular weight excluding hydrogens is 252 g/mol. The van der Waals surface area contributed by atoms with Crippen LogP contribution in [-0.4, -0.2) is 51.7 Å². The van der Waals surface area contributed by atoms with Gasteiger partial charge in [0.15, 0.2) is 0 Å². The molecule has 2 aliphatic rings. The summed E-state index contributed by atoms with van der Waals surface area (Å²) in [6.07, 6.45) is 3.19. The monoisotopic (exact) mass is 270 g/mol. The second kappa shape index (κ2) is 5.73. The van der Waals surface area contributed by atoms with Crippen molar-refractivity contribution in [2.45, 2.75) is 38.6 Å². The van der Waals surface area contributed by atoms with Gasteiger partial charge in [-0.15, -0.1) is 0 Å².